The first-order valence-electron chi connectivity index (χ1n) is 4.30. The van der Waals surface area contributed by atoms with Crippen LogP contribution in [0, 0.1) is 0 Å². The maximum absolute atomic E-state index is 11.3. The molecule has 0 N–H and O–H groups in total. The minimum Gasteiger partial charge on any atom is -0.383 e. The first-order chi connectivity index (χ1) is 6.29. The van der Waals surface area contributed by atoms with Gasteiger partial charge in [0, 0.05) is 19.5 Å². The van der Waals surface area contributed by atoms with E-state index >= 15 is 0 Å². The zero-order valence-electron chi connectivity index (χ0n) is 7.93. The van der Waals surface area contributed by atoms with Crippen molar-refractivity contribution in [3.8, 4) is 0 Å². The molecule has 1 heterocycles. The summed E-state index contributed by atoms with van der Waals surface area (Å²) in [4.78, 5) is 15.1. The third-order valence-corrected chi connectivity index (χ3v) is 1.98. The van der Waals surface area contributed by atoms with E-state index in [1.54, 1.807) is 24.1 Å². The number of hydrogen-bond acceptors (Lipinski definition) is 3. The van der Waals surface area contributed by atoms with E-state index in [2.05, 4.69) is 4.98 Å². The monoisotopic (exact) mass is 182 g/mol. The molecule has 0 amide bonds. The van der Waals surface area contributed by atoms with E-state index < -0.39 is 0 Å². The first-order valence-corrected chi connectivity index (χ1v) is 4.30. The van der Waals surface area contributed by atoms with E-state index in [1.165, 1.54) is 6.20 Å². The molecule has 0 bridgehead atoms. The average Bonchev–Trinajstić information content (AvgIpc) is 2.16. The van der Waals surface area contributed by atoms with E-state index in [0.29, 0.717) is 6.61 Å². The van der Waals surface area contributed by atoms with E-state index in [-0.39, 0.29) is 11.6 Å². The summed E-state index contributed by atoms with van der Waals surface area (Å²) in [6.45, 7) is 2.58. The zero-order chi connectivity index (χ0) is 9.68. The fraction of sp³-hybridized carbons (Fsp3) is 0.556. The van der Waals surface area contributed by atoms with Crippen LogP contribution in [-0.2, 0) is 4.74 Å². The number of rotatable bonds is 4. The molecule has 1 rings (SSSR count). The van der Waals surface area contributed by atoms with Crippen molar-refractivity contribution in [1.82, 2.24) is 9.55 Å². The highest BCUT2D eigenvalue weighted by molar-refractivity contribution is 4.84. The summed E-state index contributed by atoms with van der Waals surface area (Å²) in [7, 11) is 1.63. The molecule has 0 radical (unpaired) electrons. The van der Waals surface area contributed by atoms with Crippen LogP contribution in [0.3, 0.4) is 0 Å². The Balaban J connectivity index is 2.91. The van der Waals surface area contributed by atoms with Crippen LogP contribution in [0.5, 0.6) is 0 Å². The van der Waals surface area contributed by atoms with E-state index in [9.17, 15) is 4.79 Å². The van der Waals surface area contributed by atoms with Crippen molar-refractivity contribution in [2.75, 3.05) is 13.7 Å². The van der Waals surface area contributed by atoms with Crippen molar-refractivity contribution in [3.05, 3.63) is 28.9 Å². The summed E-state index contributed by atoms with van der Waals surface area (Å²) in [6.07, 6.45) is 5.49. The molecule has 4 nitrogen and oxygen atoms in total. The molecular formula is C9H14N2O2. The molecule has 1 atom stereocenters. The average molecular weight is 182 g/mol. The van der Waals surface area contributed by atoms with Crippen molar-refractivity contribution in [2.45, 2.75) is 19.4 Å². The van der Waals surface area contributed by atoms with Crippen LogP contribution in [0.15, 0.2) is 23.4 Å². The van der Waals surface area contributed by atoms with Crippen LogP contribution in [-0.4, -0.2) is 23.3 Å². The van der Waals surface area contributed by atoms with Gasteiger partial charge in [-0.2, -0.15) is 0 Å². The van der Waals surface area contributed by atoms with Gasteiger partial charge in [-0.3, -0.25) is 9.78 Å². The fourth-order valence-corrected chi connectivity index (χ4v) is 1.25. The Morgan fingerprint density at radius 2 is 2.46 bits per heavy atom. The summed E-state index contributed by atoms with van der Waals surface area (Å²) < 4.78 is 6.67. The Labute approximate surface area is 77.2 Å². The van der Waals surface area contributed by atoms with Gasteiger partial charge in [-0.1, -0.05) is 6.92 Å². The molecule has 0 spiro atoms. The van der Waals surface area contributed by atoms with Crippen molar-refractivity contribution in [3.63, 3.8) is 0 Å². The molecule has 0 aliphatic heterocycles. The second-order valence-corrected chi connectivity index (χ2v) is 2.84. The Kier molecular flexibility index (Phi) is 3.64. The second kappa shape index (κ2) is 4.77. The summed E-state index contributed by atoms with van der Waals surface area (Å²) in [5, 5.41) is 0. The van der Waals surface area contributed by atoms with Gasteiger partial charge in [-0.15, -0.1) is 0 Å². The quantitative estimate of drug-likeness (QED) is 0.693. The van der Waals surface area contributed by atoms with Gasteiger partial charge in [0.15, 0.2) is 0 Å². The van der Waals surface area contributed by atoms with Crippen molar-refractivity contribution >= 4 is 0 Å². The molecule has 13 heavy (non-hydrogen) atoms. The maximum atomic E-state index is 11.3. The van der Waals surface area contributed by atoms with Gasteiger partial charge in [-0.05, 0) is 6.42 Å². The predicted octanol–water partition coefficient (Wildman–Crippen LogP) is 0.841. The van der Waals surface area contributed by atoms with Gasteiger partial charge in [0.2, 0.25) is 0 Å². The smallest absolute Gasteiger partial charge is 0.269 e. The van der Waals surface area contributed by atoms with Crippen molar-refractivity contribution in [2.24, 2.45) is 0 Å². The molecule has 0 unspecified atom stereocenters. The third kappa shape index (κ3) is 2.39. The topological polar surface area (TPSA) is 44.1 Å². The Morgan fingerprint density at radius 3 is 3.00 bits per heavy atom. The molecule has 0 saturated carbocycles. The number of methoxy groups -OCH3 is 1. The van der Waals surface area contributed by atoms with Crippen LogP contribution in [0.4, 0.5) is 0 Å². The summed E-state index contributed by atoms with van der Waals surface area (Å²) in [5.74, 6) is 0. The summed E-state index contributed by atoms with van der Waals surface area (Å²) in [6, 6.07) is 0.112. The standard InChI is InChI=1S/C9H14N2O2/c1-3-8(7-13-2)11-5-4-10-6-9(11)12/h4-6,8H,3,7H2,1-2H3/t8-/m0/s1. The van der Waals surface area contributed by atoms with Gasteiger partial charge in [0.1, 0.15) is 0 Å². The van der Waals surface area contributed by atoms with Gasteiger partial charge in [0.05, 0.1) is 18.8 Å². The lowest BCUT2D eigenvalue weighted by Gasteiger charge is -2.16. The Hall–Kier alpha value is -1.16. The minimum absolute atomic E-state index is 0.0774. The Morgan fingerprint density at radius 1 is 1.69 bits per heavy atom. The van der Waals surface area contributed by atoms with Gasteiger partial charge in [-0.25, -0.2) is 0 Å². The molecule has 1 aromatic heterocycles. The van der Waals surface area contributed by atoms with E-state index in [0.717, 1.165) is 6.42 Å². The van der Waals surface area contributed by atoms with Crippen LogP contribution in [0.2, 0.25) is 0 Å². The number of nitrogens with zero attached hydrogens (tertiary/aromatic N) is 2. The molecule has 0 aliphatic rings. The highest BCUT2D eigenvalue weighted by atomic mass is 16.5. The number of ether oxygens (including phenoxy) is 1. The third-order valence-electron chi connectivity index (χ3n) is 1.98. The summed E-state index contributed by atoms with van der Waals surface area (Å²) in [5.41, 5.74) is -0.0774. The van der Waals surface area contributed by atoms with E-state index in [4.69, 9.17) is 4.74 Å². The zero-order valence-corrected chi connectivity index (χ0v) is 7.93. The van der Waals surface area contributed by atoms with Gasteiger partial charge < -0.3 is 9.30 Å². The van der Waals surface area contributed by atoms with Crippen LogP contribution < -0.4 is 5.56 Å². The van der Waals surface area contributed by atoms with Crippen molar-refractivity contribution < 1.29 is 4.74 Å². The van der Waals surface area contributed by atoms with Crippen LogP contribution in [0.25, 0.3) is 0 Å². The highest BCUT2D eigenvalue weighted by Gasteiger charge is 2.08. The molecular weight excluding hydrogens is 168 g/mol. The lowest BCUT2D eigenvalue weighted by atomic mass is 10.2. The second-order valence-electron chi connectivity index (χ2n) is 2.84. The molecule has 0 aromatic carbocycles. The van der Waals surface area contributed by atoms with E-state index in [1.807, 2.05) is 6.92 Å². The minimum atomic E-state index is -0.0774. The SMILES string of the molecule is CC[C@@H](COC)n1ccncc1=O. The predicted molar refractivity (Wildman–Crippen MR) is 49.7 cm³/mol. The molecule has 72 valence electrons. The lowest BCUT2D eigenvalue weighted by Crippen LogP contribution is -2.26. The van der Waals surface area contributed by atoms with Crippen LogP contribution in [0.1, 0.15) is 19.4 Å². The largest absolute Gasteiger partial charge is 0.383 e. The van der Waals surface area contributed by atoms with Crippen LogP contribution >= 0.6 is 0 Å². The van der Waals surface area contributed by atoms with Crippen molar-refractivity contribution in [1.29, 1.82) is 0 Å². The van der Waals surface area contributed by atoms with Gasteiger partial charge in [0.25, 0.3) is 5.56 Å². The highest BCUT2D eigenvalue weighted by Crippen LogP contribution is 2.07. The molecule has 0 fully saturated rings. The Bertz CT molecular complexity index is 308. The molecule has 1 aromatic rings. The molecule has 4 heteroatoms. The number of hydrogen-bond donors (Lipinski definition) is 0. The molecule has 0 aliphatic carbocycles. The first kappa shape index (κ1) is 9.92. The summed E-state index contributed by atoms with van der Waals surface area (Å²) >= 11 is 0. The number of aromatic nitrogens is 2. The fourth-order valence-electron chi connectivity index (χ4n) is 1.25. The maximum Gasteiger partial charge on any atom is 0.269 e. The lowest BCUT2D eigenvalue weighted by molar-refractivity contribution is 0.151. The normalized spacial score (nSPS) is 12.8. The molecule has 0 saturated heterocycles. The van der Waals surface area contributed by atoms with Gasteiger partial charge >= 0.3 is 0 Å².